The molecule has 0 aromatic carbocycles. The van der Waals surface area contributed by atoms with Crippen molar-refractivity contribution in [1.82, 2.24) is 0 Å². The minimum Gasteiger partial charge on any atom is -0.390 e. The van der Waals surface area contributed by atoms with Crippen molar-refractivity contribution >= 4 is 8.80 Å². The van der Waals surface area contributed by atoms with Crippen LogP contribution in [0.25, 0.3) is 0 Å². The molecule has 56 valence electrons. The molecule has 0 amide bonds. The van der Waals surface area contributed by atoms with Gasteiger partial charge in [-0.25, -0.2) is 0 Å². The van der Waals surface area contributed by atoms with Crippen molar-refractivity contribution in [2.24, 2.45) is 0 Å². The van der Waals surface area contributed by atoms with E-state index in [0.717, 1.165) is 6.42 Å². The predicted molar refractivity (Wildman–Crippen MR) is 36.7 cm³/mol. The quantitative estimate of drug-likeness (QED) is 0.500. The van der Waals surface area contributed by atoms with Gasteiger partial charge in [0.1, 0.15) is 0 Å². The van der Waals surface area contributed by atoms with Gasteiger partial charge in [0.25, 0.3) is 0 Å². The summed E-state index contributed by atoms with van der Waals surface area (Å²) >= 11 is 0. The van der Waals surface area contributed by atoms with Crippen molar-refractivity contribution in [2.75, 3.05) is 0 Å². The Morgan fingerprint density at radius 3 is 1.89 bits per heavy atom. The van der Waals surface area contributed by atoms with E-state index in [-0.39, 0.29) is 5.54 Å². The average molecular weight is 150 g/mol. The van der Waals surface area contributed by atoms with Gasteiger partial charge in [0.05, 0.1) is 0 Å². The highest BCUT2D eigenvalue weighted by Crippen LogP contribution is 2.18. The van der Waals surface area contributed by atoms with E-state index < -0.39 is 8.80 Å². The summed E-state index contributed by atoms with van der Waals surface area (Å²) in [6.07, 6.45) is 1.55. The van der Waals surface area contributed by atoms with Crippen LogP contribution in [-0.4, -0.2) is 23.2 Å². The van der Waals surface area contributed by atoms with Gasteiger partial charge < -0.3 is 14.4 Å². The Hall–Kier alpha value is 0.0969. The predicted octanol–water partition coefficient (Wildman–Crippen LogP) is 0.0924. The molecule has 0 spiro atoms. The SMILES string of the molecule is CCCC(C)[Si](O)(O)O. The molecule has 4 heteroatoms. The van der Waals surface area contributed by atoms with Crippen LogP contribution >= 0.6 is 0 Å². The molecule has 0 aromatic heterocycles. The first-order valence-electron chi connectivity index (χ1n) is 3.15. The molecule has 0 aliphatic carbocycles. The fourth-order valence-corrected chi connectivity index (χ4v) is 1.30. The first-order valence-corrected chi connectivity index (χ1v) is 5.07. The summed E-state index contributed by atoms with van der Waals surface area (Å²) < 4.78 is 0. The highest BCUT2D eigenvalue weighted by Gasteiger charge is 2.34. The first kappa shape index (κ1) is 9.10. The van der Waals surface area contributed by atoms with Crippen molar-refractivity contribution in [3.63, 3.8) is 0 Å². The van der Waals surface area contributed by atoms with Crippen molar-refractivity contribution in [3.8, 4) is 0 Å². The van der Waals surface area contributed by atoms with Gasteiger partial charge in [0.15, 0.2) is 0 Å². The molecule has 0 aromatic rings. The molecule has 0 saturated carbocycles. The Morgan fingerprint density at radius 1 is 1.33 bits per heavy atom. The van der Waals surface area contributed by atoms with Crippen molar-refractivity contribution in [1.29, 1.82) is 0 Å². The third-order valence-electron chi connectivity index (χ3n) is 1.38. The molecule has 3 N–H and O–H groups in total. The van der Waals surface area contributed by atoms with Crippen LogP contribution in [0.2, 0.25) is 5.54 Å². The van der Waals surface area contributed by atoms with E-state index in [1.807, 2.05) is 6.92 Å². The van der Waals surface area contributed by atoms with Gasteiger partial charge in [-0.15, -0.1) is 0 Å². The summed E-state index contributed by atoms with van der Waals surface area (Å²) in [6.45, 7) is 3.59. The Balaban J connectivity index is 3.59. The average Bonchev–Trinajstić information content (AvgIpc) is 1.64. The van der Waals surface area contributed by atoms with Gasteiger partial charge in [-0.2, -0.15) is 0 Å². The van der Waals surface area contributed by atoms with Crippen molar-refractivity contribution in [2.45, 2.75) is 32.2 Å². The monoisotopic (exact) mass is 150 g/mol. The third-order valence-corrected chi connectivity index (χ3v) is 2.99. The Bertz CT molecular complexity index is 78.8. The van der Waals surface area contributed by atoms with Crippen LogP contribution in [0.3, 0.4) is 0 Å². The fraction of sp³-hybridized carbons (Fsp3) is 1.00. The van der Waals surface area contributed by atoms with Crippen LogP contribution in [0.15, 0.2) is 0 Å². The fourth-order valence-electron chi connectivity index (χ4n) is 0.627. The van der Waals surface area contributed by atoms with Gasteiger partial charge in [0.2, 0.25) is 0 Å². The molecule has 1 unspecified atom stereocenters. The molecule has 1 atom stereocenters. The summed E-state index contributed by atoms with van der Waals surface area (Å²) in [7, 11) is -3.78. The van der Waals surface area contributed by atoms with Gasteiger partial charge in [-0.05, 0) is 6.42 Å². The molecule has 9 heavy (non-hydrogen) atoms. The molecule has 0 aliphatic rings. The van der Waals surface area contributed by atoms with Crippen LogP contribution in [0.5, 0.6) is 0 Å². The lowest BCUT2D eigenvalue weighted by molar-refractivity contribution is 0.210. The third kappa shape index (κ3) is 3.64. The first-order chi connectivity index (χ1) is 3.98. The Kier molecular flexibility index (Phi) is 3.35. The molecule has 0 saturated heterocycles. The second-order valence-electron chi connectivity index (χ2n) is 2.38. The lowest BCUT2D eigenvalue weighted by Crippen LogP contribution is -2.39. The normalized spacial score (nSPS) is 15.7. The molecule has 0 aliphatic heterocycles. The molecule has 0 fully saturated rings. The van der Waals surface area contributed by atoms with Crippen LogP contribution in [0.1, 0.15) is 26.7 Å². The van der Waals surface area contributed by atoms with Gasteiger partial charge in [-0.1, -0.05) is 20.3 Å². The molecular formula is C5H14O3Si. The number of hydrogen-bond acceptors (Lipinski definition) is 3. The summed E-state index contributed by atoms with van der Waals surface area (Å²) in [4.78, 5) is 26.0. The van der Waals surface area contributed by atoms with E-state index in [0.29, 0.717) is 6.42 Å². The van der Waals surface area contributed by atoms with Crippen molar-refractivity contribution in [3.05, 3.63) is 0 Å². The molecule has 0 rings (SSSR count). The largest absolute Gasteiger partial charge is 0.495 e. The lowest BCUT2D eigenvalue weighted by atomic mass is 10.3. The Morgan fingerprint density at radius 2 is 1.78 bits per heavy atom. The van der Waals surface area contributed by atoms with Gasteiger partial charge in [0, 0.05) is 5.54 Å². The standard InChI is InChI=1S/C5H14O3Si/c1-3-4-5(2)9(6,7)8/h5-8H,3-4H2,1-2H3. The smallest absolute Gasteiger partial charge is 0.390 e. The van der Waals surface area contributed by atoms with E-state index in [1.54, 1.807) is 6.92 Å². The Labute approximate surface area is 56.3 Å². The highest BCUT2D eigenvalue weighted by molar-refractivity contribution is 6.57. The second-order valence-corrected chi connectivity index (χ2v) is 4.74. The molecular weight excluding hydrogens is 136 g/mol. The molecule has 0 heterocycles. The highest BCUT2D eigenvalue weighted by atomic mass is 28.4. The van der Waals surface area contributed by atoms with E-state index in [4.69, 9.17) is 14.4 Å². The topological polar surface area (TPSA) is 60.7 Å². The van der Waals surface area contributed by atoms with Crippen LogP contribution in [0.4, 0.5) is 0 Å². The van der Waals surface area contributed by atoms with Gasteiger partial charge in [-0.3, -0.25) is 0 Å². The number of rotatable bonds is 3. The van der Waals surface area contributed by atoms with E-state index in [9.17, 15) is 0 Å². The molecule has 0 radical (unpaired) electrons. The maximum absolute atomic E-state index is 8.67. The maximum Gasteiger partial charge on any atom is 0.495 e. The van der Waals surface area contributed by atoms with Crippen LogP contribution in [0, 0.1) is 0 Å². The molecule has 3 nitrogen and oxygen atoms in total. The van der Waals surface area contributed by atoms with E-state index in [2.05, 4.69) is 0 Å². The summed E-state index contributed by atoms with van der Waals surface area (Å²) in [5, 5.41) is 0. The zero-order chi connectivity index (χ0) is 7.49. The van der Waals surface area contributed by atoms with Crippen molar-refractivity contribution < 1.29 is 14.4 Å². The van der Waals surface area contributed by atoms with Crippen LogP contribution in [-0.2, 0) is 0 Å². The van der Waals surface area contributed by atoms with E-state index in [1.165, 1.54) is 0 Å². The minimum atomic E-state index is -3.78. The van der Waals surface area contributed by atoms with E-state index >= 15 is 0 Å². The van der Waals surface area contributed by atoms with Gasteiger partial charge >= 0.3 is 8.80 Å². The lowest BCUT2D eigenvalue weighted by Gasteiger charge is -2.16. The molecule has 0 bridgehead atoms. The maximum atomic E-state index is 8.67. The summed E-state index contributed by atoms with van der Waals surface area (Å²) in [5.74, 6) is 0. The zero-order valence-corrected chi connectivity index (χ0v) is 6.83. The minimum absolute atomic E-state index is 0.331. The summed E-state index contributed by atoms with van der Waals surface area (Å²) in [5.41, 5.74) is -0.331. The van der Waals surface area contributed by atoms with Crippen LogP contribution < -0.4 is 0 Å². The number of hydrogen-bond donors (Lipinski definition) is 3. The zero-order valence-electron chi connectivity index (χ0n) is 5.83. The second kappa shape index (κ2) is 3.31. The summed E-state index contributed by atoms with van der Waals surface area (Å²) in [6, 6.07) is 0.